The van der Waals surface area contributed by atoms with Crippen molar-refractivity contribution in [1.82, 2.24) is 14.9 Å². The highest BCUT2D eigenvalue weighted by atomic mass is 16.5. The van der Waals surface area contributed by atoms with Crippen LogP contribution in [0.25, 0.3) is 11.1 Å². The van der Waals surface area contributed by atoms with Gasteiger partial charge >= 0.3 is 0 Å². The van der Waals surface area contributed by atoms with Crippen LogP contribution in [0.1, 0.15) is 56.5 Å². The van der Waals surface area contributed by atoms with Crippen LogP contribution in [0.15, 0.2) is 54.9 Å². The Bertz CT molecular complexity index is 1170. The summed E-state index contributed by atoms with van der Waals surface area (Å²) in [5.41, 5.74) is 4.06. The number of aromatic hydroxyl groups is 2. The number of rotatable bonds is 6. The SMILES string of the molecule is CC.CC1=C(c2cccc(O)c2)C(c2cnc(OCCN3CCCC3)cn2)Oc2ccc(O)cc21. The highest BCUT2D eigenvalue weighted by Gasteiger charge is 2.31. The maximum atomic E-state index is 10.1. The number of ether oxygens (including phenoxy) is 2. The summed E-state index contributed by atoms with van der Waals surface area (Å²) in [7, 11) is 0. The van der Waals surface area contributed by atoms with E-state index in [2.05, 4.69) is 14.9 Å². The van der Waals surface area contributed by atoms with Gasteiger partial charge in [0, 0.05) is 17.7 Å². The second-order valence-electron chi connectivity index (χ2n) is 8.44. The number of phenolic OH excluding ortho intramolecular Hbond substituents is 2. The van der Waals surface area contributed by atoms with Crippen LogP contribution in [0.3, 0.4) is 0 Å². The molecule has 1 saturated heterocycles. The summed E-state index contributed by atoms with van der Waals surface area (Å²) in [5, 5.41) is 20.1. The molecule has 0 spiro atoms. The van der Waals surface area contributed by atoms with Crippen LogP contribution in [0.2, 0.25) is 0 Å². The molecule has 184 valence electrons. The molecule has 2 aromatic carbocycles. The number of hydrogen-bond acceptors (Lipinski definition) is 7. The third-order valence-corrected chi connectivity index (χ3v) is 6.21. The van der Waals surface area contributed by atoms with Gasteiger partial charge in [-0.1, -0.05) is 26.0 Å². The van der Waals surface area contributed by atoms with E-state index in [1.165, 1.54) is 12.8 Å². The molecule has 2 aliphatic heterocycles. The minimum absolute atomic E-state index is 0.167. The van der Waals surface area contributed by atoms with Crippen molar-refractivity contribution < 1.29 is 19.7 Å². The number of fused-ring (bicyclic) bond motifs is 1. The van der Waals surface area contributed by atoms with Crippen LogP contribution in [0.4, 0.5) is 0 Å². The molecule has 35 heavy (non-hydrogen) atoms. The van der Waals surface area contributed by atoms with Crippen molar-refractivity contribution in [3.8, 4) is 23.1 Å². The average molecular weight is 476 g/mol. The number of nitrogens with zero attached hydrogens (tertiary/aromatic N) is 3. The average Bonchev–Trinajstić information content (AvgIpc) is 3.40. The van der Waals surface area contributed by atoms with Crippen LogP contribution >= 0.6 is 0 Å². The van der Waals surface area contributed by atoms with E-state index in [1.54, 1.807) is 48.8 Å². The lowest BCUT2D eigenvalue weighted by Gasteiger charge is -2.30. The van der Waals surface area contributed by atoms with E-state index in [1.807, 2.05) is 26.8 Å². The first-order valence-corrected chi connectivity index (χ1v) is 12.3. The molecule has 7 heteroatoms. The lowest BCUT2D eigenvalue weighted by Crippen LogP contribution is -2.25. The van der Waals surface area contributed by atoms with Gasteiger partial charge in [-0.05, 0) is 74.3 Å². The van der Waals surface area contributed by atoms with Gasteiger partial charge in [-0.25, -0.2) is 9.97 Å². The minimum atomic E-state index is -0.519. The van der Waals surface area contributed by atoms with Gasteiger partial charge in [0.25, 0.3) is 0 Å². The number of allylic oxidation sites excluding steroid dienone is 1. The Kier molecular flexibility index (Phi) is 7.87. The molecule has 5 rings (SSSR count). The lowest BCUT2D eigenvalue weighted by atomic mass is 9.87. The Morgan fingerprint density at radius 2 is 1.77 bits per heavy atom. The first-order valence-electron chi connectivity index (χ1n) is 12.3. The Hall–Kier alpha value is -3.58. The summed E-state index contributed by atoms with van der Waals surface area (Å²) in [6.07, 6.45) is 5.30. The van der Waals surface area contributed by atoms with E-state index >= 15 is 0 Å². The molecule has 0 radical (unpaired) electrons. The van der Waals surface area contributed by atoms with Crippen molar-refractivity contribution in [2.75, 3.05) is 26.2 Å². The van der Waals surface area contributed by atoms with E-state index in [0.29, 0.717) is 23.9 Å². The topological polar surface area (TPSA) is 87.9 Å². The Morgan fingerprint density at radius 3 is 2.49 bits per heavy atom. The summed E-state index contributed by atoms with van der Waals surface area (Å²) in [5.74, 6) is 1.48. The molecule has 0 aliphatic carbocycles. The number of likely N-dealkylation sites (tertiary alicyclic amines) is 1. The van der Waals surface area contributed by atoms with Crippen molar-refractivity contribution in [1.29, 1.82) is 0 Å². The summed E-state index contributed by atoms with van der Waals surface area (Å²) >= 11 is 0. The fraction of sp³-hybridized carbons (Fsp3) is 0.357. The van der Waals surface area contributed by atoms with Crippen LogP contribution in [-0.4, -0.2) is 51.3 Å². The molecular weight excluding hydrogens is 442 g/mol. The molecule has 3 aromatic rings. The minimum Gasteiger partial charge on any atom is -0.508 e. The van der Waals surface area contributed by atoms with E-state index in [-0.39, 0.29) is 11.5 Å². The summed E-state index contributed by atoms with van der Waals surface area (Å²) in [6, 6.07) is 12.1. The summed E-state index contributed by atoms with van der Waals surface area (Å²) in [4.78, 5) is 11.5. The van der Waals surface area contributed by atoms with Gasteiger partial charge in [0.05, 0.1) is 12.4 Å². The molecule has 1 atom stereocenters. The molecule has 2 aliphatic rings. The number of phenols is 2. The van der Waals surface area contributed by atoms with Crippen molar-refractivity contribution in [3.63, 3.8) is 0 Å². The summed E-state index contributed by atoms with van der Waals surface area (Å²) in [6.45, 7) is 9.72. The Morgan fingerprint density at radius 1 is 1.00 bits per heavy atom. The van der Waals surface area contributed by atoms with Gasteiger partial charge < -0.3 is 19.7 Å². The second kappa shape index (κ2) is 11.2. The standard InChI is InChI=1S/C26H27N3O4.C2H6/c1-17-21-14-20(31)7-8-23(21)33-26(25(17)18-5-4-6-19(30)13-18)22-15-28-24(16-27-22)32-12-11-29-9-2-3-10-29;1-2/h4-8,13-16,26,30-31H,2-3,9-12H2,1H3;1-2H3. The smallest absolute Gasteiger partial charge is 0.232 e. The van der Waals surface area contributed by atoms with Crippen molar-refractivity contribution in [3.05, 3.63) is 71.7 Å². The fourth-order valence-electron chi connectivity index (χ4n) is 4.51. The molecule has 1 aromatic heterocycles. The number of benzene rings is 2. The van der Waals surface area contributed by atoms with E-state index in [0.717, 1.165) is 41.9 Å². The maximum absolute atomic E-state index is 10.1. The molecule has 0 amide bonds. The maximum Gasteiger partial charge on any atom is 0.232 e. The predicted octanol–water partition coefficient (Wildman–Crippen LogP) is 5.45. The third-order valence-electron chi connectivity index (χ3n) is 6.21. The normalized spacial score (nSPS) is 17.3. The molecule has 1 unspecified atom stereocenters. The lowest BCUT2D eigenvalue weighted by molar-refractivity contribution is 0.229. The molecule has 3 heterocycles. The predicted molar refractivity (Wildman–Crippen MR) is 137 cm³/mol. The van der Waals surface area contributed by atoms with Crippen molar-refractivity contribution >= 4 is 11.1 Å². The van der Waals surface area contributed by atoms with Crippen LogP contribution in [0, 0.1) is 0 Å². The van der Waals surface area contributed by atoms with Gasteiger partial charge in [0.1, 0.15) is 29.5 Å². The molecule has 0 saturated carbocycles. The van der Waals surface area contributed by atoms with Gasteiger partial charge in [-0.15, -0.1) is 0 Å². The molecule has 1 fully saturated rings. The Labute approximate surface area is 206 Å². The third kappa shape index (κ3) is 5.57. The van der Waals surface area contributed by atoms with Crippen LogP contribution in [0.5, 0.6) is 23.1 Å². The number of aromatic nitrogens is 2. The zero-order valence-electron chi connectivity index (χ0n) is 20.6. The van der Waals surface area contributed by atoms with Crippen molar-refractivity contribution in [2.24, 2.45) is 0 Å². The van der Waals surface area contributed by atoms with E-state index in [9.17, 15) is 10.2 Å². The van der Waals surface area contributed by atoms with Gasteiger partial charge in [-0.3, -0.25) is 4.90 Å². The van der Waals surface area contributed by atoms with Gasteiger partial charge in [0.2, 0.25) is 5.88 Å². The molecule has 2 N–H and O–H groups in total. The van der Waals surface area contributed by atoms with E-state index in [4.69, 9.17) is 9.47 Å². The first kappa shape index (κ1) is 24.5. The van der Waals surface area contributed by atoms with Crippen LogP contribution in [-0.2, 0) is 0 Å². The molecule has 0 bridgehead atoms. The van der Waals surface area contributed by atoms with E-state index < -0.39 is 6.10 Å². The van der Waals surface area contributed by atoms with Gasteiger partial charge in [-0.2, -0.15) is 0 Å². The quantitative estimate of drug-likeness (QED) is 0.490. The number of hydrogen-bond donors (Lipinski definition) is 2. The highest BCUT2D eigenvalue weighted by molar-refractivity contribution is 5.95. The zero-order chi connectivity index (χ0) is 24.8. The van der Waals surface area contributed by atoms with Crippen LogP contribution < -0.4 is 9.47 Å². The summed E-state index contributed by atoms with van der Waals surface area (Å²) < 4.78 is 12.1. The monoisotopic (exact) mass is 475 g/mol. The van der Waals surface area contributed by atoms with Crippen molar-refractivity contribution in [2.45, 2.75) is 39.7 Å². The largest absolute Gasteiger partial charge is 0.508 e. The Balaban J connectivity index is 0.00000141. The van der Waals surface area contributed by atoms with Gasteiger partial charge in [0.15, 0.2) is 6.10 Å². The fourth-order valence-corrected chi connectivity index (χ4v) is 4.51. The first-order chi connectivity index (χ1) is 17.1. The zero-order valence-corrected chi connectivity index (χ0v) is 20.6. The molecular formula is C28H33N3O4. The highest BCUT2D eigenvalue weighted by Crippen LogP contribution is 2.47. The second-order valence-corrected chi connectivity index (χ2v) is 8.44. The molecule has 7 nitrogen and oxygen atoms in total.